The van der Waals surface area contributed by atoms with Gasteiger partial charge in [0.1, 0.15) is 30.0 Å². The highest BCUT2D eigenvalue weighted by Crippen LogP contribution is 2.24. The van der Waals surface area contributed by atoms with Gasteiger partial charge in [0.2, 0.25) is 0 Å². The second-order valence-electron chi connectivity index (χ2n) is 4.43. The molecule has 0 aliphatic heterocycles. The summed E-state index contributed by atoms with van der Waals surface area (Å²) in [7, 11) is -4.66. The molecule has 1 aromatic heterocycles. The van der Waals surface area contributed by atoms with Crippen molar-refractivity contribution < 1.29 is 21.4 Å². The molecule has 0 saturated carbocycles. The molecule has 23 heavy (non-hydrogen) atoms. The van der Waals surface area contributed by atoms with Gasteiger partial charge < -0.3 is 4.18 Å². The number of hydrogen-bond donors (Lipinski definition) is 0. The summed E-state index contributed by atoms with van der Waals surface area (Å²) in [4.78, 5) is 2.63. The Morgan fingerprint density at radius 3 is 2.39 bits per heavy atom. The van der Waals surface area contributed by atoms with Crippen LogP contribution in [0.1, 0.15) is 0 Å². The molecule has 0 amide bonds. The van der Waals surface area contributed by atoms with Crippen LogP contribution in [-0.2, 0) is 10.1 Å². The van der Waals surface area contributed by atoms with Gasteiger partial charge in [0.05, 0.1) is 5.69 Å². The van der Waals surface area contributed by atoms with Crippen LogP contribution in [-0.4, -0.2) is 23.2 Å². The van der Waals surface area contributed by atoms with Crippen LogP contribution in [0.2, 0.25) is 0 Å². The molecule has 0 saturated heterocycles. The lowest BCUT2D eigenvalue weighted by Gasteiger charge is -2.09. The molecule has 3 rings (SSSR count). The molecule has 0 aliphatic rings. The summed E-state index contributed by atoms with van der Waals surface area (Å²) in [6.07, 6.45) is 2.71. The molecule has 6 nitrogen and oxygen atoms in total. The molecule has 0 atom stereocenters. The average Bonchev–Trinajstić information content (AvgIpc) is 3.00. The second-order valence-corrected chi connectivity index (χ2v) is 5.91. The van der Waals surface area contributed by atoms with Crippen LogP contribution in [0.3, 0.4) is 0 Å². The van der Waals surface area contributed by atoms with Crippen molar-refractivity contribution in [1.29, 1.82) is 0 Å². The SMILES string of the molecule is O=S(=O)(Oc1cccc(-n2cncn2)c1)c1c(F)cccc1F. The van der Waals surface area contributed by atoms with E-state index in [1.165, 1.54) is 35.5 Å². The highest BCUT2D eigenvalue weighted by Gasteiger charge is 2.26. The third kappa shape index (κ3) is 3.04. The number of hydrogen-bond acceptors (Lipinski definition) is 5. The third-order valence-electron chi connectivity index (χ3n) is 2.88. The smallest absolute Gasteiger partial charge is 0.345 e. The van der Waals surface area contributed by atoms with Crippen molar-refractivity contribution in [3.63, 3.8) is 0 Å². The first kappa shape index (κ1) is 15.1. The van der Waals surface area contributed by atoms with Crippen molar-refractivity contribution in [3.8, 4) is 11.4 Å². The molecule has 2 aromatic carbocycles. The fourth-order valence-electron chi connectivity index (χ4n) is 1.91. The Balaban J connectivity index is 1.97. The molecule has 3 aromatic rings. The van der Waals surface area contributed by atoms with Crippen molar-refractivity contribution in [3.05, 3.63) is 66.8 Å². The number of nitrogens with zero attached hydrogens (tertiary/aromatic N) is 3. The lowest BCUT2D eigenvalue weighted by atomic mass is 10.3. The van der Waals surface area contributed by atoms with E-state index in [-0.39, 0.29) is 5.75 Å². The van der Waals surface area contributed by atoms with Crippen molar-refractivity contribution in [2.24, 2.45) is 0 Å². The number of rotatable bonds is 4. The predicted molar refractivity (Wildman–Crippen MR) is 75.5 cm³/mol. The van der Waals surface area contributed by atoms with Crippen LogP contribution in [0.5, 0.6) is 5.75 Å². The van der Waals surface area contributed by atoms with E-state index in [1.54, 1.807) is 6.07 Å². The summed E-state index contributed by atoms with van der Waals surface area (Å²) in [6, 6.07) is 8.59. The number of halogens is 2. The van der Waals surface area contributed by atoms with E-state index >= 15 is 0 Å². The lowest BCUT2D eigenvalue weighted by molar-refractivity contribution is 0.459. The van der Waals surface area contributed by atoms with Crippen molar-refractivity contribution in [2.45, 2.75) is 4.90 Å². The highest BCUT2D eigenvalue weighted by molar-refractivity contribution is 7.87. The molecule has 0 N–H and O–H groups in total. The van der Waals surface area contributed by atoms with Gasteiger partial charge in [-0.25, -0.2) is 18.4 Å². The van der Waals surface area contributed by atoms with Gasteiger partial charge in [-0.1, -0.05) is 12.1 Å². The Bertz CT molecular complexity index is 923. The summed E-state index contributed by atoms with van der Waals surface area (Å²) in [5.74, 6) is -2.56. The molecule has 0 radical (unpaired) electrons. The molecule has 118 valence electrons. The van der Waals surface area contributed by atoms with Crippen LogP contribution in [0, 0.1) is 11.6 Å². The van der Waals surface area contributed by atoms with E-state index in [0.29, 0.717) is 5.69 Å². The Labute approximate surface area is 130 Å². The third-order valence-corrected chi connectivity index (χ3v) is 4.18. The van der Waals surface area contributed by atoms with Gasteiger partial charge in [-0.05, 0) is 24.3 Å². The normalized spacial score (nSPS) is 11.4. The van der Waals surface area contributed by atoms with E-state index in [1.807, 2.05) is 0 Å². The Hall–Kier alpha value is -2.81. The largest absolute Gasteiger partial charge is 0.379 e. The maximum absolute atomic E-state index is 13.6. The van der Waals surface area contributed by atoms with Crippen LogP contribution < -0.4 is 4.18 Å². The molecule has 0 unspecified atom stereocenters. The molecule has 0 bridgehead atoms. The fourth-order valence-corrected chi connectivity index (χ4v) is 2.96. The second kappa shape index (κ2) is 5.76. The van der Waals surface area contributed by atoms with Gasteiger partial charge >= 0.3 is 10.1 Å². The van der Waals surface area contributed by atoms with E-state index in [2.05, 4.69) is 10.1 Å². The standard InChI is InChI=1S/C14H9F2N3O3S/c15-12-5-2-6-13(16)14(12)23(20,21)22-11-4-1-3-10(7-11)19-9-17-8-18-19/h1-9H. The first-order valence-electron chi connectivity index (χ1n) is 6.31. The zero-order valence-electron chi connectivity index (χ0n) is 11.4. The first-order valence-corrected chi connectivity index (χ1v) is 7.72. The fraction of sp³-hybridized carbons (Fsp3) is 0. The Morgan fingerprint density at radius 2 is 1.74 bits per heavy atom. The lowest BCUT2D eigenvalue weighted by Crippen LogP contribution is -2.14. The maximum atomic E-state index is 13.6. The van der Waals surface area contributed by atoms with Crippen molar-refractivity contribution in [1.82, 2.24) is 14.8 Å². The van der Waals surface area contributed by atoms with Crippen LogP contribution >= 0.6 is 0 Å². The van der Waals surface area contributed by atoms with E-state index in [0.717, 1.165) is 18.2 Å². The molecule has 1 heterocycles. The Morgan fingerprint density at radius 1 is 1.04 bits per heavy atom. The van der Waals surface area contributed by atoms with Gasteiger partial charge in [-0.3, -0.25) is 0 Å². The summed E-state index contributed by atoms with van der Waals surface area (Å²) in [5.41, 5.74) is 0.476. The van der Waals surface area contributed by atoms with Gasteiger partial charge in [0.25, 0.3) is 0 Å². The van der Waals surface area contributed by atoms with Crippen LogP contribution in [0.25, 0.3) is 5.69 Å². The molecule has 0 spiro atoms. The Kier molecular flexibility index (Phi) is 3.78. The first-order chi connectivity index (χ1) is 11.0. The highest BCUT2D eigenvalue weighted by atomic mass is 32.2. The monoisotopic (exact) mass is 337 g/mol. The van der Waals surface area contributed by atoms with Crippen molar-refractivity contribution >= 4 is 10.1 Å². The summed E-state index contributed by atoms with van der Waals surface area (Å²) in [5, 5.41) is 3.89. The van der Waals surface area contributed by atoms with E-state index in [4.69, 9.17) is 4.18 Å². The number of benzene rings is 2. The quantitative estimate of drug-likeness (QED) is 0.683. The van der Waals surface area contributed by atoms with Crippen molar-refractivity contribution in [2.75, 3.05) is 0 Å². The minimum absolute atomic E-state index is 0.111. The molecule has 9 heteroatoms. The number of aromatic nitrogens is 3. The summed E-state index contributed by atoms with van der Waals surface area (Å²) < 4.78 is 57.7. The van der Waals surface area contributed by atoms with Gasteiger partial charge in [0.15, 0.2) is 4.90 Å². The topological polar surface area (TPSA) is 74.1 Å². The zero-order valence-corrected chi connectivity index (χ0v) is 12.2. The zero-order chi connectivity index (χ0) is 16.4. The average molecular weight is 337 g/mol. The molecular weight excluding hydrogens is 328 g/mol. The predicted octanol–water partition coefficient (Wildman–Crippen LogP) is 2.31. The van der Waals surface area contributed by atoms with E-state index < -0.39 is 26.6 Å². The van der Waals surface area contributed by atoms with Gasteiger partial charge in [-0.15, -0.1) is 0 Å². The van der Waals surface area contributed by atoms with Gasteiger partial charge in [-0.2, -0.15) is 13.5 Å². The van der Waals surface area contributed by atoms with Crippen LogP contribution in [0.4, 0.5) is 8.78 Å². The van der Waals surface area contributed by atoms with E-state index in [9.17, 15) is 17.2 Å². The summed E-state index contributed by atoms with van der Waals surface area (Å²) >= 11 is 0. The molecular formula is C14H9F2N3O3S. The summed E-state index contributed by atoms with van der Waals surface area (Å²) in [6.45, 7) is 0. The molecule has 0 aliphatic carbocycles. The minimum Gasteiger partial charge on any atom is -0.379 e. The molecule has 0 fully saturated rings. The maximum Gasteiger partial charge on any atom is 0.345 e. The van der Waals surface area contributed by atoms with Gasteiger partial charge in [0, 0.05) is 6.07 Å². The minimum atomic E-state index is -4.66. The van der Waals surface area contributed by atoms with Crippen LogP contribution in [0.15, 0.2) is 60.0 Å².